The summed E-state index contributed by atoms with van der Waals surface area (Å²) < 4.78 is 4.83. The molecule has 1 aliphatic rings. The first kappa shape index (κ1) is 19.4. The van der Waals surface area contributed by atoms with Crippen molar-refractivity contribution in [2.45, 2.75) is 31.7 Å². The lowest BCUT2D eigenvalue weighted by molar-refractivity contribution is -0.135. The van der Waals surface area contributed by atoms with E-state index in [1.54, 1.807) is 4.90 Å². The smallest absolute Gasteiger partial charge is 0.246 e. The average molecular weight is 348 g/mol. The Bertz CT molecular complexity index is 550. The molecule has 0 saturated carbocycles. The van der Waals surface area contributed by atoms with Gasteiger partial charge < -0.3 is 20.1 Å². The number of rotatable bonds is 8. The van der Waals surface area contributed by atoms with E-state index in [4.69, 9.17) is 4.74 Å². The third-order valence-corrected chi connectivity index (χ3v) is 4.66. The highest BCUT2D eigenvalue weighted by molar-refractivity contribution is 5.78. The van der Waals surface area contributed by atoms with Gasteiger partial charge in [0.2, 0.25) is 11.8 Å². The SMILES string of the molecule is COCC(=O)N[C@@H]1CN(C(=O)CCCc2ccccc2)CC[C@@H]1CO. The van der Waals surface area contributed by atoms with Gasteiger partial charge in [-0.1, -0.05) is 30.3 Å². The van der Waals surface area contributed by atoms with Crippen LogP contribution in [0.3, 0.4) is 0 Å². The summed E-state index contributed by atoms with van der Waals surface area (Å²) in [4.78, 5) is 26.0. The third kappa shape index (κ3) is 6.14. The van der Waals surface area contributed by atoms with Crippen LogP contribution in [0.15, 0.2) is 30.3 Å². The Labute approximate surface area is 149 Å². The Morgan fingerprint density at radius 1 is 1.32 bits per heavy atom. The minimum atomic E-state index is -0.223. The number of carbonyl (C=O) groups is 2. The van der Waals surface area contributed by atoms with Crippen molar-refractivity contribution < 1.29 is 19.4 Å². The first-order valence-electron chi connectivity index (χ1n) is 8.85. The number of carbonyl (C=O) groups excluding carboxylic acids is 2. The Morgan fingerprint density at radius 3 is 2.76 bits per heavy atom. The monoisotopic (exact) mass is 348 g/mol. The Balaban J connectivity index is 1.81. The van der Waals surface area contributed by atoms with Gasteiger partial charge in [0.1, 0.15) is 6.61 Å². The van der Waals surface area contributed by atoms with E-state index in [2.05, 4.69) is 17.4 Å². The number of hydrogen-bond acceptors (Lipinski definition) is 4. The van der Waals surface area contributed by atoms with Crippen LogP contribution >= 0.6 is 0 Å². The molecule has 6 heteroatoms. The molecule has 0 spiro atoms. The minimum Gasteiger partial charge on any atom is -0.396 e. The molecule has 1 aliphatic heterocycles. The fourth-order valence-electron chi connectivity index (χ4n) is 3.24. The molecule has 0 radical (unpaired) electrons. The van der Waals surface area contributed by atoms with Crippen molar-refractivity contribution in [3.05, 3.63) is 35.9 Å². The van der Waals surface area contributed by atoms with Gasteiger partial charge in [-0.15, -0.1) is 0 Å². The van der Waals surface area contributed by atoms with E-state index < -0.39 is 0 Å². The van der Waals surface area contributed by atoms with Crippen molar-refractivity contribution in [3.8, 4) is 0 Å². The molecule has 0 aromatic heterocycles. The molecule has 1 fully saturated rings. The second-order valence-corrected chi connectivity index (χ2v) is 6.52. The van der Waals surface area contributed by atoms with E-state index in [9.17, 15) is 14.7 Å². The maximum atomic E-state index is 12.5. The van der Waals surface area contributed by atoms with Gasteiger partial charge in [0, 0.05) is 39.1 Å². The molecular formula is C19H28N2O4. The van der Waals surface area contributed by atoms with Crippen LogP contribution in [0.4, 0.5) is 0 Å². The van der Waals surface area contributed by atoms with Crippen molar-refractivity contribution >= 4 is 11.8 Å². The van der Waals surface area contributed by atoms with E-state index in [0.717, 1.165) is 12.8 Å². The Kier molecular flexibility index (Phi) is 7.88. The number of methoxy groups -OCH3 is 1. The number of piperidine rings is 1. The predicted octanol–water partition coefficient (Wildman–Crippen LogP) is 0.981. The molecule has 0 unspecified atom stereocenters. The zero-order valence-electron chi connectivity index (χ0n) is 14.8. The zero-order chi connectivity index (χ0) is 18.1. The van der Waals surface area contributed by atoms with Gasteiger partial charge in [0.15, 0.2) is 0 Å². The molecule has 2 rings (SSSR count). The molecule has 0 aliphatic carbocycles. The maximum Gasteiger partial charge on any atom is 0.246 e. The molecule has 0 bridgehead atoms. The van der Waals surface area contributed by atoms with Crippen molar-refractivity contribution in [1.29, 1.82) is 0 Å². The van der Waals surface area contributed by atoms with Crippen LogP contribution in [-0.4, -0.2) is 61.3 Å². The molecule has 2 atom stereocenters. The molecule has 138 valence electrons. The van der Waals surface area contributed by atoms with E-state index in [1.807, 2.05) is 18.2 Å². The second kappa shape index (κ2) is 10.2. The minimum absolute atomic E-state index is 0.00790. The lowest BCUT2D eigenvalue weighted by Gasteiger charge is -2.38. The number of aliphatic hydroxyl groups is 1. The fourth-order valence-corrected chi connectivity index (χ4v) is 3.24. The fraction of sp³-hybridized carbons (Fsp3) is 0.579. The first-order chi connectivity index (χ1) is 12.1. The molecule has 6 nitrogen and oxygen atoms in total. The molecule has 1 heterocycles. The van der Waals surface area contributed by atoms with E-state index >= 15 is 0 Å². The Morgan fingerprint density at radius 2 is 2.08 bits per heavy atom. The topological polar surface area (TPSA) is 78.9 Å². The van der Waals surface area contributed by atoms with Crippen molar-refractivity contribution in [1.82, 2.24) is 10.2 Å². The van der Waals surface area contributed by atoms with Gasteiger partial charge >= 0.3 is 0 Å². The molecular weight excluding hydrogens is 320 g/mol. The summed E-state index contributed by atoms with van der Waals surface area (Å²) in [6.45, 7) is 1.07. The van der Waals surface area contributed by atoms with E-state index in [-0.39, 0.29) is 37.0 Å². The number of nitrogens with one attached hydrogen (secondary N) is 1. The second-order valence-electron chi connectivity index (χ2n) is 6.52. The molecule has 1 aromatic rings. The van der Waals surface area contributed by atoms with Crippen LogP contribution in [0.25, 0.3) is 0 Å². The quantitative estimate of drug-likeness (QED) is 0.734. The summed E-state index contributed by atoms with van der Waals surface area (Å²) in [5, 5.41) is 12.4. The van der Waals surface area contributed by atoms with Crippen molar-refractivity contribution in [3.63, 3.8) is 0 Å². The number of nitrogens with zero attached hydrogens (tertiary/aromatic N) is 1. The number of aliphatic hydroxyl groups excluding tert-OH is 1. The lowest BCUT2D eigenvalue weighted by Crippen LogP contribution is -2.55. The number of benzene rings is 1. The number of aryl methyl sites for hydroxylation is 1. The molecule has 1 aromatic carbocycles. The highest BCUT2D eigenvalue weighted by atomic mass is 16.5. The third-order valence-electron chi connectivity index (χ3n) is 4.66. The van der Waals surface area contributed by atoms with E-state index in [0.29, 0.717) is 25.9 Å². The van der Waals surface area contributed by atoms with Gasteiger partial charge in [-0.3, -0.25) is 9.59 Å². The van der Waals surface area contributed by atoms with Crippen LogP contribution in [0.1, 0.15) is 24.8 Å². The maximum absolute atomic E-state index is 12.5. The summed E-state index contributed by atoms with van der Waals surface area (Å²) in [7, 11) is 1.46. The van der Waals surface area contributed by atoms with Gasteiger partial charge in [-0.2, -0.15) is 0 Å². The highest BCUT2D eigenvalue weighted by Crippen LogP contribution is 2.19. The van der Waals surface area contributed by atoms with Crippen LogP contribution in [-0.2, 0) is 20.7 Å². The zero-order valence-corrected chi connectivity index (χ0v) is 14.8. The van der Waals surface area contributed by atoms with Gasteiger partial charge in [-0.05, 0) is 24.8 Å². The Hall–Kier alpha value is -1.92. The van der Waals surface area contributed by atoms with Crippen LogP contribution < -0.4 is 5.32 Å². The first-order valence-corrected chi connectivity index (χ1v) is 8.85. The standard InChI is InChI=1S/C19H28N2O4/c1-25-14-18(23)20-17-12-21(11-10-16(17)13-22)19(24)9-5-8-15-6-3-2-4-7-15/h2-4,6-7,16-17,22H,5,8-14H2,1H3,(H,20,23)/t16-,17-/m1/s1. The van der Waals surface area contributed by atoms with Crippen molar-refractivity contribution in [2.75, 3.05) is 33.4 Å². The normalized spacial score (nSPS) is 20.3. The van der Waals surface area contributed by atoms with Crippen LogP contribution in [0, 0.1) is 5.92 Å². The molecule has 25 heavy (non-hydrogen) atoms. The summed E-state index contributed by atoms with van der Waals surface area (Å²) in [5.74, 6) is -0.128. The number of amides is 2. The molecule has 2 N–H and O–H groups in total. The largest absolute Gasteiger partial charge is 0.396 e. The summed E-state index contributed by atoms with van der Waals surface area (Å²) in [6, 6.07) is 9.91. The van der Waals surface area contributed by atoms with Gasteiger partial charge in [0.05, 0.1) is 6.04 Å². The van der Waals surface area contributed by atoms with Gasteiger partial charge in [0.25, 0.3) is 0 Å². The number of hydrogen-bond donors (Lipinski definition) is 2. The summed E-state index contributed by atoms with van der Waals surface area (Å²) in [5.41, 5.74) is 1.24. The lowest BCUT2D eigenvalue weighted by atomic mass is 9.92. The summed E-state index contributed by atoms with van der Waals surface area (Å²) in [6.07, 6.45) is 2.88. The van der Waals surface area contributed by atoms with E-state index in [1.165, 1.54) is 12.7 Å². The molecule has 2 amide bonds. The predicted molar refractivity (Wildman–Crippen MR) is 95.0 cm³/mol. The molecule has 1 saturated heterocycles. The average Bonchev–Trinajstić information content (AvgIpc) is 2.62. The highest BCUT2D eigenvalue weighted by Gasteiger charge is 2.31. The van der Waals surface area contributed by atoms with Crippen LogP contribution in [0.2, 0.25) is 0 Å². The summed E-state index contributed by atoms with van der Waals surface area (Å²) >= 11 is 0. The number of ether oxygens (including phenoxy) is 1. The van der Waals surface area contributed by atoms with Crippen LogP contribution in [0.5, 0.6) is 0 Å². The van der Waals surface area contributed by atoms with Gasteiger partial charge in [-0.25, -0.2) is 0 Å². The number of likely N-dealkylation sites (tertiary alicyclic amines) is 1. The van der Waals surface area contributed by atoms with Crippen molar-refractivity contribution in [2.24, 2.45) is 5.92 Å².